The lowest BCUT2D eigenvalue weighted by atomic mass is 10.3. The molecule has 76 valence electrons. The van der Waals surface area contributed by atoms with Gasteiger partial charge in [-0.3, -0.25) is 0 Å². The average molecular weight is 198 g/mol. The molecule has 0 aliphatic rings. The Hall–Kier alpha value is -1.92. The third kappa shape index (κ3) is 1.87. The van der Waals surface area contributed by atoms with Gasteiger partial charge in [-0.15, -0.1) is 0 Å². The number of carbonyl (C=O) groups is 1. The molecule has 0 unspecified atom stereocenters. The van der Waals surface area contributed by atoms with Crippen LogP contribution in [0.2, 0.25) is 0 Å². The van der Waals surface area contributed by atoms with Crippen LogP contribution in [0, 0.1) is 0 Å². The quantitative estimate of drug-likeness (QED) is 0.655. The number of carboxylic acid groups (broad SMARTS) is 1. The van der Waals surface area contributed by atoms with Crippen molar-refractivity contribution in [3.05, 3.63) is 16.1 Å². The first-order valence-corrected chi connectivity index (χ1v) is 4.00. The van der Waals surface area contributed by atoms with Gasteiger partial charge in [0.15, 0.2) is 0 Å². The molecule has 1 N–H and O–H groups in total. The van der Waals surface area contributed by atoms with Crippen molar-refractivity contribution in [3.63, 3.8) is 0 Å². The largest absolute Gasteiger partial charge is 0.478 e. The van der Waals surface area contributed by atoms with Gasteiger partial charge >= 0.3 is 11.7 Å². The van der Waals surface area contributed by atoms with Gasteiger partial charge in [-0.1, -0.05) is 0 Å². The monoisotopic (exact) mass is 198 g/mol. The standard InChI is InChI=1S/C7H10N4O3/c1-3-10-7(14)11(9-8-10)4-5(2)6(12)13/h4H,3H2,1-2H3,(H,12,13)/b5-4-. The molecule has 0 saturated heterocycles. The number of tetrazole rings is 1. The SMILES string of the molecule is CCn1nnn(/C=C(/C)C(=O)O)c1=O. The van der Waals surface area contributed by atoms with Crippen LogP contribution >= 0.6 is 0 Å². The van der Waals surface area contributed by atoms with Crippen LogP contribution in [0.3, 0.4) is 0 Å². The lowest BCUT2D eigenvalue weighted by Crippen LogP contribution is -2.22. The summed E-state index contributed by atoms with van der Waals surface area (Å²) < 4.78 is 2.03. The molecule has 0 bridgehead atoms. The fourth-order valence-corrected chi connectivity index (χ4v) is 0.804. The first-order chi connectivity index (χ1) is 6.56. The Morgan fingerprint density at radius 1 is 1.57 bits per heavy atom. The van der Waals surface area contributed by atoms with E-state index in [4.69, 9.17) is 5.11 Å². The molecule has 1 heterocycles. The summed E-state index contributed by atoms with van der Waals surface area (Å²) in [4.78, 5) is 21.8. The molecule has 0 aliphatic heterocycles. The Morgan fingerprint density at radius 2 is 2.21 bits per heavy atom. The number of aryl methyl sites for hydroxylation is 1. The zero-order valence-electron chi connectivity index (χ0n) is 7.84. The second-order valence-corrected chi connectivity index (χ2v) is 2.64. The minimum Gasteiger partial charge on any atom is -0.478 e. The van der Waals surface area contributed by atoms with Gasteiger partial charge in [-0.2, -0.15) is 9.36 Å². The van der Waals surface area contributed by atoms with E-state index in [-0.39, 0.29) is 5.57 Å². The highest BCUT2D eigenvalue weighted by Crippen LogP contribution is 1.92. The topological polar surface area (TPSA) is 90.0 Å². The van der Waals surface area contributed by atoms with Crippen molar-refractivity contribution in [2.45, 2.75) is 20.4 Å². The first-order valence-electron chi connectivity index (χ1n) is 4.00. The van der Waals surface area contributed by atoms with E-state index in [1.807, 2.05) is 0 Å². The summed E-state index contributed by atoms with van der Waals surface area (Å²) in [5, 5.41) is 15.6. The van der Waals surface area contributed by atoms with Gasteiger partial charge in [0.2, 0.25) is 0 Å². The molecule has 0 aromatic carbocycles. The van der Waals surface area contributed by atoms with Gasteiger partial charge in [-0.05, 0) is 24.3 Å². The Labute approximate surface area is 79.2 Å². The number of aliphatic carboxylic acids is 1. The van der Waals surface area contributed by atoms with Crippen molar-refractivity contribution in [1.82, 2.24) is 19.8 Å². The zero-order valence-corrected chi connectivity index (χ0v) is 7.84. The summed E-state index contributed by atoms with van der Waals surface area (Å²) in [5.41, 5.74) is -0.427. The summed E-state index contributed by atoms with van der Waals surface area (Å²) in [6.45, 7) is 3.52. The van der Waals surface area contributed by atoms with E-state index < -0.39 is 11.7 Å². The summed E-state index contributed by atoms with van der Waals surface area (Å²) in [6, 6.07) is 0. The molecule has 0 aliphatic carbocycles. The van der Waals surface area contributed by atoms with E-state index in [2.05, 4.69) is 10.4 Å². The molecule has 0 radical (unpaired) electrons. The summed E-state index contributed by atoms with van der Waals surface area (Å²) in [5.74, 6) is -1.09. The smallest absolute Gasteiger partial charge is 0.367 e. The molecule has 0 fully saturated rings. The van der Waals surface area contributed by atoms with Crippen LogP contribution in [0.15, 0.2) is 10.4 Å². The highest BCUT2D eigenvalue weighted by atomic mass is 16.4. The molecular weight excluding hydrogens is 188 g/mol. The third-order valence-electron chi connectivity index (χ3n) is 1.61. The van der Waals surface area contributed by atoms with Crippen LogP contribution in [-0.2, 0) is 11.3 Å². The van der Waals surface area contributed by atoms with Gasteiger partial charge in [0.25, 0.3) is 0 Å². The normalized spacial score (nSPS) is 11.7. The Morgan fingerprint density at radius 3 is 2.64 bits per heavy atom. The van der Waals surface area contributed by atoms with E-state index in [1.54, 1.807) is 6.92 Å². The van der Waals surface area contributed by atoms with Crippen LogP contribution < -0.4 is 5.69 Å². The Balaban J connectivity index is 3.10. The first kappa shape index (κ1) is 10.2. The Bertz CT molecular complexity index is 428. The molecule has 1 aromatic heterocycles. The predicted octanol–water partition coefficient (Wildman–Crippen LogP) is -0.595. The lowest BCUT2D eigenvalue weighted by molar-refractivity contribution is -0.132. The summed E-state index contributed by atoms with van der Waals surface area (Å²) in [6.07, 6.45) is 1.13. The van der Waals surface area contributed by atoms with Crippen molar-refractivity contribution in [3.8, 4) is 0 Å². The number of hydrogen-bond acceptors (Lipinski definition) is 4. The maximum absolute atomic E-state index is 11.3. The molecular formula is C7H10N4O3. The van der Waals surface area contributed by atoms with Gasteiger partial charge < -0.3 is 5.11 Å². The van der Waals surface area contributed by atoms with E-state index in [0.717, 1.165) is 15.6 Å². The molecule has 0 spiro atoms. The van der Waals surface area contributed by atoms with Gasteiger partial charge in [0, 0.05) is 12.7 Å². The zero-order chi connectivity index (χ0) is 10.7. The van der Waals surface area contributed by atoms with Crippen molar-refractivity contribution in [2.75, 3.05) is 0 Å². The summed E-state index contributed by atoms with van der Waals surface area (Å²) >= 11 is 0. The molecule has 0 saturated carbocycles. The molecule has 7 nitrogen and oxygen atoms in total. The van der Waals surface area contributed by atoms with Crippen LogP contribution in [0.1, 0.15) is 13.8 Å². The van der Waals surface area contributed by atoms with Crippen LogP contribution in [0.25, 0.3) is 6.20 Å². The molecule has 1 rings (SSSR count). The summed E-state index contributed by atoms with van der Waals surface area (Å²) in [7, 11) is 0. The number of nitrogens with zero attached hydrogens (tertiary/aromatic N) is 4. The van der Waals surface area contributed by atoms with E-state index in [1.165, 1.54) is 6.92 Å². The predicted molar refractivity (Wildman–Crippen MR) is 47.5 cm³/mol. The van der Waals surface area contributed by atoms with Gasteiger partial charge in [0.05, 0.1) is 5.57 Å². The highest BCUT2D eigenvalue weighted by Gasteiger charge is 2.05. The average Bonchev–Trinajstić information content (AvgIpc) is 2.47. The van der Waals surface area contributed by atoms with Gasteiger partial charge in [-0.25, -0.2) is 9.59 Å². The number of rotatable bonds is 3. The van der Waals surface area contributed by atoms with E-state index >= 15 is 0 Å². The molecule has 7 heteroatoms. The number of hydrogen-bond donors (Lipinski definition) is 1. The minimum absolute atomic E-state index is 0.0234. The maximum atomic E-state index is 11.3. The highest BCUT2D eigenvalue weighted by molar-refractivity contribution is 5.89. The van der Waals surface area contributed by atoms with Gasteiger partial charge in [0.1, 0.15) is 0 Å². The molecule has 0 atom stereocenters. The minimum atomic E-state index is -1.09. The van der Waals surface area contributed by atoms with Crippen molar-refractivity contribution in [1.29, 1.82) is 0 Å². The fourth-order valence-electron chi connectivity index (χ4n) is 0.804. The Kier molecular flexibility index (Phi) is 2.80. The second kappa shape index (κ2) is 3.86. The van der Waals surface area contributed by atoms with E-state index in [0.29, 0.717) is 6.54 Å². The third-order valence-corrected chi connectivity index (χ3v) is 1.61. The molecule has 0 amide bonds. The number of aromatic nitrogens is 4. The van der Waals surface area contributed by atoms with Crippen molar-refractivity contribution >= 4 is 12.2 Å². The fraction of sp³-hybridized carbons (Fsp3) is 0.429. The van der Waals surface area contributed by atoms with Crippen molar-refractivity contribution < 1.29 is 9.90 Å². The van der Waals surface area contributed by atoms with E-state index in [9.17, 15) is 9.59 Å². The molecule has 14 heavy (non-hydrogen) atoms. The van der Waals surface area contributed by atoms with Crippen LogP contribution in [0.5, 0.6) is 0 Å². The molecule has 1 aromatic rings. The van der Waals surface area contributed by atoms with Crippen LogP contribution in [0.4, 0.5) is 0 Å². The second-order valence-electron chi connectivity index (χ2n) is 2.64. The van der Waals surface area contributed by atoms with Crippen molar-refractivity contribution in [2.24, 2.45) is 0 Å². The maximum Gasteiger partial charge on any atom is 0.367 e. The van der Waals surface area contributed by atoms with Crippen LogP contribution in [-0.4, -0.2) is 30.9 Å². The number of carboxylic acids is 1. The lowest BCUT2D eigenvalue weighted by Gasteiger charge is -1.91.